The fourth-order valence-corrected chi connectivity index (χ4v) is 1.90. The van der Waals surface area contributed by atoms with Gasteiger partial charge in [0.2, 0.25) is 11.8 Å². The third-order valence-electron chi connectivity index (χ3n) is 3.67. The molecule has 108 valence electrons. The lowest BCUT2D eigenvalue weighted by Crippen LogP contribution is -2.28. The smallest absolute Gasteiger partial charge is 0.227 e. The van der Waals surface area contributed by atoms with E-state index in [1.54, 1.807) is 0 Å². The second-order valence-corrected chi connectivity index (χ2v) is 5.49. The molecular formula is C16H22N2O2. The van der Waals surface area contributed by atoms with Crippen LogP contribution in [0.25, 0.3) is 0 Å². The van der Waals surface area contributed by atoms with E-state index in [1.807, 2.05) is 38.1 Å². The monoisotopic (exact) mass is 274 g/mol. The number of rotatable bonds is 6. The summed E-state index contributed by atoms with van der Waals surface area (Å²) in [5.41, 5.74) is 1.80. The van der Waals surface area contributed by atoms with Crippen molar-refractivity contribution < 1.29 is 9.59 Å². The van der Waals surface area contributed by atoms with Crippen molar-refractivity contribution in [2.45, 2.75) is 39.7 Å². The average molecular weight is 274 g/mol. The number of hydrogen-bond donors (Lipinski definition) is 2. The van der Waals surface area contributed by atoms with Crippen LogP contribution in [-0.2, 0) is 16.1 Å². The Morgan fingerprint density at radius 2 is 2.10 bits per heavy atom. The minimum absolute atomic E-state index is 0.0350. The van der Waals surface area contributed by atoms with Crippen LogP contribution in [0, 0.1) is 11.8 Å². The molecule has 0 aliphatic heterocycles. The molecular weight excluding hydrogens is 252 g/mol. The molecule has 1 aliphatic rings. The molecule has 1 fully saturated rings. The Morgan fingerprint density at radius 3 is 2.75 bits per heavy atom. The van der Waals surface area contributed by atoms with E-state index in [1.165, 1.54) is 0 Å². The van der Waals surface area contributed by atoms with Gasteiger partial charge in [0, 0.05) is 24.1 Å². The molecule has 0 saturated heterocycles. The molecule has 4 nitrogen and oxygen atoms in total. The highest BCUT2D eigenvalue weighted by Gasteiger charge is 2.29. The lowest BCUT2D eigenvalue weighted by Gasteiger charge is -2.11. The molecule has 1 aromatic rings. The van der Waals surface area contributed by atoms with Gasteiger partial charge in [-0.1, -0.05) is 26.0 Å². The highest BCUT2D eigenvalue weighted by atomic mass is 16.2. The zero-order valence-corrected chi connectivity index (χ0v) is 12.1. The van der Waals surface area contributed by atoms with Crippen molar-refractivity contribution in [3.63, 3.8) is 0 Å². The van der Waals surface area contributed by atoms with Crippen LogP contribution in [0.1, 0.15) is 38.7 Å². The predicted molar refractivity (Wildman–Crippen MR) is 79.1 cm³/mol. The first-order chi connectivity index (χ1) is 9.60. The Kier molecular flexibility index (Phi) is 4.77. The first-order valence-corrected chi connectivity index (χ1v) is 7.27. The summed E-state index contributed by atoms with van der Waals surface area (Å²) in [6.07, 6.45) is 2.83. The van der Waals surface area contributed by atoms with Crippen LogP contribution >= 0.6 is 0 Å². The maximum atomic E-state index is 11.7. The van der Waals surface area contributed by atoms with Crippen molar-refractivity contribution in [1.29, 1.82) is 0 Å². The number of nitrogens with one attached hydrogen (secondary N) is 2. The Bertz CT molecular complexity index is 495. The van der Waals surface area contributed by atoms with Crippen molar-refractivity contribution in [2.75, 3.05) is 5.32 Å². The maximum absolute atomic E-state index is 11.7. The molecule has 1 aliphatic carbocycles. The van der Waals surface area contributed by atoms with E-state index in [-0.39, 0.29) is 23.7 Å². The number of benzene rings is 1. The molecule has 2 amide bonds. The largest absolute Gasteiger partial charge is 0.352 e. The third kappa shape index (κ3) is 4.08. The summed E-state index contributed by atoms with van der Waals surface area (Å²) in [7, 11) is 0. The summed E-state index contributed by atoms with van der Waals surface area (Å²) in [4.78, 5) is 23.4. The Morgan fingerprint density at radius 1 is 1.35 bits per heavy atom. The number of hydrogen-bond acceptors (Lipinski definition) is 2. The van der Waals surface area contributed by atoms with E-state index in [4.69, 9.17) is 0 Å². The van der Waals surface area contributed by atoms with E-state index < -0.39 is 0 Å². The highest BCUT2D eigenvalue weighted by Crippen LogP contribution is 2.30. The molecule has 1 aromatic carbocycles. The van der Waals surface area contributed by atoms with Crippen LogP contribution in [0.15, 0.2) is 24.3 Å². The van der Waals surface area contributed by atoms with Gasteiger partial charge >= 0.3 is 0 Å². The van der Waals surface area contributed by atoms with Crippen LogP contribution in [0.5, 0.6) is 0 Å². The van der Waals surface area contributed by atoms with Gasteiger partial charge in [-0.3, -0.25) is 9.59 Å². The lowest BCUT2D eigenvalue weighted by atomic mass is 10.1. The lowest BCUT2D eigenvalue weighted by molar-refractivity contribution is -0.124. The summed E-state index contributed by atoms with van der Waals surface area (Å²) < 4.78 is 0. The van der Waals surface area contributed by atoms with Crippen LogP contribution in [-0.4, -0.2) is 11.8 Å². The van der Waals surface area contributed by atoms with Crippen LogP contribution < -0.4 is 10.6 Å². The zero-order chi connectivity index (χ0) is 14.5. The number of carbonyl (C=O) groups is 2. The van der Waals surface area contributed by atoms with Crippen molar-refractivity contribution in [1.82, 2.24) is 5.32 Å². The van der Waals surface area contributed by atoms with Crippen molar-refractivity contribution in [3.8, 4) is 0 Å². The zero-order valence-electron chi connectivity index (χ0n) is 12.1. The molecule has 0 spiro atoms. The molecule has 0 heterocycles. The average Bonchev–Trinajstić information content (AvgIpc) is 3.28. The highest BCUT2D eigenvalue weighted by molar-refractivity contribution is 5.94. The fourth-order valence-electron chi connectivity index (χ4n) is 1.90. The van der Waals surface area contributed by atoms with Crippen molar-refractivity contribution in [3.05, 3.63) is 29.8 Å². The van der Waals surface area contributed by atoms with Crippen LogP contribution in [0.4, 0.5) is 5.69 Å². The molecule has 0 bridgehead atoms. The maximum Gasteiger partial charge on any atom is 0.227 e. The predicted octanol–water partition coefficient (Wildman–Crippen LogP) is 2.70. The van der Waals surface area contributed by atoms with Crippen molar-refractivity contribution in [2.24, 2.45) is 11.8 Å². The van der Waals surface area contributed by atoms with Gasteiger partial charge in [-0.15, -0.1) is 0 Å². The summed E-state index contributed by atoms with van der Waals surface area (Å²) >= 11 is 0. The summed E-state index contributed by atoms with van der Waals surface area (Å²) in [6, 6.07) is 7.63. The molecule has 0 radical (unpaired) electrons. The van der Waals surface area contributed by atoms with Gasteiger partial charge < -0.3 is 10.6 Å². The van der Waals surface area contributed by atoms with Crippen molar-refractivity contribution >= 4 is 17.5 Å². The minimum Gasteiger partial charge on any atom is -0.352 e. The summed E-state index contributed by atoms with van der Waals surface area (Å²) in [6.45, 7) is 4.41. The minimum atomic E-state index is 0.0350. The molecule has 1 saturated carbocycles. The van der Waals surface area contributed by atoms with Crippen LogP contribution in [0.3, 0.4) is 0 Å². The third-order valence-corrected chi connectivity index (χ3v) is 3.67. The van der Waals surface area contributed by atoms with Gasteiger partial charge in [-0.05, 0) is 37.0 Å². The molecule has 2 rings (SSSR count). The van der Waals surface area contributed by atoms with Gasteiger partial charge in [0.15, 0.2) is 0 Å². The van der Waals surface area contributed by atoms with Crippen LogP contribution in [0.2, 0.25) is 0 Å². The van der Waals surface area contributed by atoms with Gasteiger partial charge in [0.25, 0.3) is 0 Å². The Labute approximate surface area is 119 Å². The Hall–Kier alpha value is -1.84. The van der Waals surface area contributed by atoms with E-state index in [2.05, 4.69) is 10.6 Å². The standard InChI is InChI=1S/C16H22N2O2/c1-3-11(2)15(19)17-10-12-5-4-6-14(9-12)18-16(20)13-7-8-13/h4-6,9,11,13H,3,7-8,10H2,1-2H3,(H,17,19)(H,18,20)/t11-/m0/s1. The normalized spacial score (nSPS) is 15.5. The van der Waals surface area contributed by atoms with E-state index in [0.717, 1.165) is 30.5 Å². The molecule has 0 aromatic heterocycles. The molecule has 4 heteroatoms. The quantitative estimate of drug-likeness (QED) is 0.838. The molecule has 0 unspecified atom stereocenters. The number of amides is 2. The molecule has 1 atom stereocenters. The first kappa shape index (κ1) is 14.6. The second-order valence-electron chi connectivity index (χ2n) is 5.49. The first-order valence-electron chi connectivity index (χ1n) is 7.27. The number of anilines is 1. The van der Waals surface area contributed by atoms with Gasteiger partial charge in [0.05, 0.1) is 0 Å². The van der Waals surface area contributed by atoms with E-state index >= 15 is 0 Å². The Balaban J connectivity index is 1.88. The topological polar surface area (TPSA) is 58.2 Å². The SMILES string of the molecule is CC[C@H](C)C(=O)NCc1cccc(NC(=O)C2CC2)c1. The second kappa shape index (κ2) is 6.55. The number of carbonyl (C=O) groups excluding carboxylic acids is 2. The summed E-state index contributed by atoms with van der Waals surface area (Å²) in [5.74, 6) is 0.405. The van der Waals surface area contributed by atoms with Gasteiger partial charge in [-0.2, -0.15) is 0 Å². The fraction of sp³-hybridized carbons (Fsp3) is 0.500. The summed E-state index contributed by atoms with van der Waals surface area (Å²) in [5, 5.41) is 5.83. The molecule has 20 heavy (non-hydrogen) atoms. The van der Waals surface area contributed by atoms with E-state index in [9.17, 15) is 9.59 Å². The van der Waals surface area contributed by atoms with Gasteiger partial charge in [0.1, 0.15) is 0 Å². The van der Waals surface area contributed by atoms with E-state index in [0.29, 0.717) is 6.54 Å². The molecule has 2 N–H and O–H groups in total. The van der Waals surface area contributed by atoms with Gasteiger partial charge in [-0.25, -0.2) is 0 Å².